The lowest BCUT2D eigenvalue weighted by atomic mass is 9.93. The summed E-state index contributed by atoms with van der Waals surface area (Å²) in [5.74, 6) is 0.570. The van der Waals surface area contributed by atoms with Crippen molar-refractivity contribution in [2.75, 3.05) is 24.1 Å². The predicted octanol–water partition coefficient (Wildman–Crippen LogP) is 2.45. The molecule has 0 saturated carbocycles. The summed E-state index contributed by atoms with van der Waals surface area (Å²) < 4.78 is 0. The lowest BCUT2D eigenvalue weighted by Crippen LogP contribution is -2.52. The molecule has 1 amide bonds. The number of aliphatic imine (C=N–C) groups is 1. The number of hydrogen-bond donors (Lipinski definition) is 3. The van der Waals surface area contributed by atoms with Crippen molar-refractivity contribution in [3.63, 3.8) is 0 Å². The number of likely N-dealkylation sites (tertiary alicyclic amines) is 1. The number of fused-ring (bicyclic) bond motifs is 1. The average molecular weight is 372 g/mol. The minimum Gasteiger partial charge on any atom is -0.399 e. The second-order valence-electron chi connectivity index (χ2n) is 6.62. The van der Waals surface area contributed by atoms with E-state index in [2.05, 4.69) is 5.32 Å². The lowest BCUT2D eigenvalue weighted by Gasteiger charge is -2.42. The fourth-order valence-electron chi connectivity index (χ4n) is 3.56. The van der Waals surface area contributed by atoms with Crippen LogP contribution in [0.15, 0.2) is 53.5 Å². The zero-order valence-corrected chi connectivity index (χ0v) is 15.1. The molecule has 2 aliphatic rings. The Labute approximate surface area is 158 Å². The van der Waals surface area contributed by atoms with Crippen LogP contribution in [-0.4, -0.2) is 35.4 Å². The maximum absolute atomic E-state index is 12.7. The number of carbonyl (C=O) groups excluding carboxylic acids is 1. The van der Waals surface area contributed by atoms with Crippen molar-refractivity contribution in [1.82, 2.24) is 4.90 Å². The van der Waals surface area contributed by atoms with Gasteiger partial charge in [0.25, 0.3) is 5.91 Å². The number of rotatable bonds is 1. The van der Waals surface area contributed by atoms with Crippen molar-refractivity contribution in [3.8, 4) is 0 Å². The third-order valence-electron chi connectivity index (χ3n) is 4.92. The molecule has 7 heteroatoms. The number of amidine groups is 1. The minimum absolute atomic E-state index is 0. The van der Waals surface area contributed by atoms with Crippen molar-refractivity contribution < 1.29 is 4.79 Å². The Morgan fingerprint density at radius 2 is 1.81 bits per heavy atom. The zero-order valence-electron chi connectivity index (χ0n) is 14.3. The highest BCUT2D eigenvalue weighted by atomic mass is 35.5. The Hall–Kier alpha value is -2.73. The monoisotopic (exact) mass is 371 g/mol. The number of carbonyl (C=O) groups is 1. The molecule has 1 spiro atoms. The van der Waals surface area contributed by atoms with Gasteiger partial charge in [-0.15, -0.1) is 12.4 Å². The molecule has 1 fully saturated rings. The normalized spacial score (nSPS) is 17.5. The van der Waals surface area contributed by atoms with Crippen LogP contribution in [0.1, 0.15) is 28.8 Å². The Morgan fingerprint density at radius 1 is 1.08 bits per heavy atom. The van der Waals surface area contributed by atoms with Gasteiger partial charge >= 0.3 is 0 Å². The molecule has 0 bridgehead atoms. The molecule has 0 aromatic heterocycles. The van der Waals surface area contributed by atoms with Crippen LogP contribution >= 0.6 is 12.4 Å². The number of amides is 1. The molecular formula is C19H22ClN5O. The number of benzene rings is 2. The molecule has 0 atom stereocenters. The van der Waals surface area contributed by atoms with Gasteiger partial charge in [0.15, 0.2) is 0 Å². The number of para-hydroxylation sites is 1. The second-order valence-corrected chi connectivity index (χ2v) is 6.62. The summed E-state index contributed by atoms with van der Waals surface area (Å²) in [6.45, 7) is 1.25. The van der Waals surface area contributed by atoms with E-state index >= 15 is 0 Å². The maximum atomic E-state index is 12.7. The molecule has 0 unspecified atom stereocenters. The number of halogens is 1. The van der Waals surface area contributed by atoms with Gasteiger partial charge < -0.3 is 21.7 Å². The van der Waals surface area contributed by atoms with Crippen molar-refractivity contribution in [3.05, 3.63) is 59.7 Å². The van der Waals surface area contributed by atoms with Crippen LogP contribution in [0.3, 0.4) is 0 Å². The van der Waals surface area contributed by atoms with E-state index in [1.807, 2.05) is 29.2 Å². The highest BCUT2D eigenvalue weighted by Gasteiger charge is 2.38. The predicted molar refractivity (Wildman–Crippen MR) is 107 cm³/mol. The molecule has 1 saturated heterocycles. The van der Waals surface area contributed by atoms with Gasteiger partial charge in [0.2, 0.25) is 0 Å². The minimum atomic E-state index is -0.426. The van der Waals surface area contributed by atoms with E-state index in [0.29, 0.717) is 30.2 Å². The van der Waals surface area contributed by atoms with E-state index in [1.54, 1.807) is 24.3 Å². The van der Waals surface area contributed by atoms with Gasteiger partial charge in [-0.1, -0.05) is 18.2 Å². The molecule has 2 aromatic rings. The van der Waals surface area contributed by atoms with Gasteiger partial charge in [-0.2, -0.15) is 0 Å². The van der Waals surface area contributed by atoms with Crippen LogP contribution in [0.2, 0.25) is 0 Å². The molecule has 5 N–H and O–H groups in total. The van der Waals surface area contributed by atoms with Crippen LogP contribution in [0.5, 0.6) is 0 Å². The molecule has 0 aliphatic carbocycles. The van der Waals surface area contributed by atoms with Crippen LogP contribution in [0.4, 0.5) is 11.4 Å². The Morgan fingerprint density at radius 3 is 2.54 bits per heavy atom. The smallest absolute Gasteiger partial charge is 0.253 e. The number of nitrogens with two attached hydrogens (primary N) is 2. The number of hydrogen-bond acceptors (Lipinski definition) is 5. The summed E-state index contributed by atoms with van der Waals surface area (Å²) in [6, 6.07) is 15.0. The topological polar surface area (TPSA) is 96.7 Å². The number of nitrogens with zero attached hydrogens (tertiary/aromatic N) is 2. The Bertz CT molecular complexity index is 859. The molecular weight excluding hydrogens is 350 g/mol. The van der Waals surface area contributed by atoms with Crippen LogP contribution in [-0.2, 0) is 0 Å². The Kier molecular flexibility index (Phi) is 4.78. The van der Waals surface area contributed by atoms with Crippen LogP contribution in [0.25, 0.3) is 0 Å². The highest BCUT2D eigenvalue weighted by molar-refractivity contribution is 6.04. The number of anilines is 2. The first-order valence-corrected chi connectivity index (χ1v) is 8.44. The van der Waals surface area contributed by atoms with E-state index < -0.39 is 5.66 Å². The van der Waals surface area contributed by atoms with Gasteiger partial charge in [0, 0.05) is 48.4 Å². The van der Waals surface area contributed by atoms with E-state index in [1.165, 1.54) is 0 Å². The fraction of sp³-hybridized carbons (Fsp3) is 0.263. The van der Waals surface area contributed by atoms with Crippen molar-refractivity contribution in [1.29, 1.82) is 0 Å². The molecule has 2 heterocycles. The first kappa shape index (κ1) is 18.1. The summed E-state index contributed by atoms with van der Waals surface area (Å²) >= 11 is 0. The molecule has 4 rings (SSSR count). The van der Waals surface area contributed by atoms with E-state index in [4.69, 9.17) is 16.5 Å². The van der Waals surface area contributed by atoms with Crippen LogP contribution in [0, 0.1) is 0 Å². The van der Waals surface area contributed by atoms with Gasteiger partial charge in [-0.05, 0) is 30.3 Å². The second kappa shape index (κ2) is 6.88. The van der Waals surface area contributed by atoms with E-state index in [0.717, 1.165) is 24.1 Å². The number of nitrogen functional groups attached to an aromatic ring is 1. The van der Waals surface area contributed by atoms with E-state index in [9.17, 15) is 4.79 Å². The average Bonchev–Trinajstić information content (AvgIpc) is 2.62. The first-order chi connectivity index (χ1) is 12.1. The summed E-state index contributed by atoms with van der Waals surface area (Å²) in [5, 5.41) is 3.53. The zero-order chi connectivity index (χ0) is 17.4. The van der Waals surface area contributed by atoms with Crippen LogP contribution < -0.4 is 16.8 Å². The lowest BCUT2D eigenvalue weighted by molar-refractivity contribution is 0.0685. The standard InChI is InChI=1S/C19H21N5O.ClH/c20-14-5-3-4-13(12-14)18(25)24-10-8-19(9-11-24)22-16-7-2-1-6-15(16)17(21)23-19;/h1-7,12,22H,8-11,20H2,(H2,21,23);1H. The summed E-state index contributed by atoms with van der Waals surface area (Å²) in [6.07, 6.45) is 1.44. The number of piperidine rings is 1. The Balaban J connectivity index is 0.00000196. The third-order valence-corrected chi connectivity index (χ3v) is 4.92. The summed E-state index contributed by atoms with van der Waals surface area (Å²) in [4.78, 5) is 19.3. The molecule has 2 aromatic carbocycles. The third kappa shape index (κ3) is 3.20. The molecule has 2 aliphatic heterocycles. The quantitative estimate of drug-likeness (QED) is 0.671. The van der Waals surface area contributed by atoms with E-state index in [-0.39, 0.29) is 18.3 Å². The first-order valence-electron chi connectivity index (χ1n) is 8.44. The van der Waals surface area contributed by atoms with Gasteiger partial charge in [0.05, 0.1) is 0 Å². The SMILES string of the molecule is Cl.NC1=NC2(CCN(C(=O)c3cccc(N)c3)CC2)Nc2ccccc21. The molecule has 136 valence electrons. The molecule has 0 radical (unpaired) electrons. The van der Waals surface area contributed by atoms with Crippen molar-refractivity contribution in [2.24, 2.45) is 10.7 Å². The van der Waals surface area contributed by atoms with Gasteiger partial charge in [0.1, 0.15) is 11.5 Å². The van der Waals surface area contributed by atoms with Crippen molar-refractivity contribution in [2.45, 2.75) is 18.5 Å². The number of nitrogens with one attached hydrogen (secondary N) is 1. The summed E-state index contributed by atoms with van der Waals surface area (Å²) in [7, 11) is 0. The van der Waals surface area contributed by atoms with Gasteiger partial charge in [-0.3, -0.25) is 4.79 Å². The molecule has 26 heavy (non-hydrogen) atoms. The summed E-state index contributed by atoms with van der Waals surface area (Å²) in [5.41, 5.74) is 14.7. The molecule has 6 nitrogen and oxygen atoms in total. The van der Waals surface area contributed by atoms with Crippen molar-refractivity contribution >= 4 is 35.5 Å². The maximum Gasteiger partial charge on any atom is 0.253 e. The largest absolute Gasteiger partial charge is 0.399 e. The fourth-order valence-corrected chi connectivity index (χ4v) is 3.56. The van der Waals surface area contributed by atoms with Gasteiger partial charge in [-0.25, -0.2) is 4.99 Å². The highest BCUT2D eigenvalue weighted by Crippen LogP contribution is 2.34.